The predicted octanol–water partition coefficient (Wildman–Crippen LogP) is 4.36. The Hall–Kier alpha value is -1.62. The minimum Gasteiger partial charge on any atom is -0.331 e. The van der Waals surface area contributed by atoms with Gasteiger partial charge in [-0.2, -0.15) is 0 Å². The third-order valence-corrected chi connectivity index (χ3v) is 3.79. The molecule has 3 aromatic rings. The highest BCUT2D eigenvalue weighted by atomic mass is 35.5. The Labute approximate surface area is 129 Å². The van der Waals surface area contributed by atoms with Crippen LogP contribution in [0, 0.1) is 4.77 Å². The second-order valence-electron chi connectivity index (χ2n) is 4.21. The van der Waals surface area contributed by atoms with Gasteiger partial charge >= 0.3 is 0 Å². The molecular formula is C14H8Cl2N2OS. The Morgan fingerprint density at radius 1 is 1.10 bits per heavy atom. The molecule has 0 atom stereocenters. The van der Waals surface area contributed by atoms with Crippen LogP contribution in [0.4, 0.5) is 0 Å². The molecule has 0 saturated carbocycles. The first-order valence-electron chi connectivity index (χ1n) is 5.77. The molecule has 0 spiro atoms. The third kappa shape index (κ3) is 2.16. The summed E-state index contributed by atoms with van der Waals surface area (Å²) in [4.78, 5) is 15.6. The summed E-state index contributed by atoms with van der Waals surface area (Å²) in [6.07, 6.45) is 0. The number of aromatic amines is 1. The Bertz CT molecular complexity index is 930. The van der Waals surface area contributed by atoms with Crippen LogP contribution in [0.15, 0.2) is 47.3 Å². The number of fused-ring (bicyclic) bond motifs is 1. The third-order valence-electron chi connectivity index (χ3n) is 2.95. The first kappa shape index (κ1) is 13.4. The monoisotopic (exact) mass is 322 g/mol. The normalized spacial score (nSPS) is 10.9. The number of para-hydroxylation sites is 1. The highest BCUT2D eigenvalue weighted by Gasteiger charge is 2.10. The molecular weight excluding hydrogens is 315 g/mol. The summed E-state index contributed by atoms with van der Waals surface area (Å²) in [7, 11) is 0. The molecule has 2 aromatic carbocycles. The molecule has 1 heterocycles. The summed E-state index contributed by atoms with van der Waals surface area (Å²) in [5.74, 6) is 0. The summed E-state index contributed by atoms with van der Waals surface area (Å²) in [5, 5.41) is 1.43. The van der Waals surface area contributed by atoms with Crippen LogP contribution >= 0.6 is 35.4 Å². The molecule has 0 saturated heterocycles. The highest BCUT2D eigenvalue weighted by Crippen LogP contribution is 2.24. The first-order chi connectivity index (χ1) is 9.58. The quantitative estimate of drug-likeness (QED) is 0.676. The minimum absolute atomic E-state index is 0.228. The topological polar surface area (TPSA) is 37.8 Å². The molecule has 0 fully saturated rings. The molecule has 3 nitrogen and oxygen atoms in total. The molecule has 0 aliphatic rings. The lowest BCUT2D eigenvalue weighted by Gasteiger charge is -2.10. The fraction of sp³-hybridized carbons (Fsp3) is 0. The van der Waals surface area contributed by atoms with Gasteiger partial charge in [-0.3, -0.25) is 9.36 Å². The number of halogens is 2. The number of nitrogens with one attached hydrogen (secondary N) is 1. The molecule has 0 aliphatic heterocycles. The summed E-state index contributed by atoms with van der Waals surface area (Å²) < 4.78 is 1.63. The summed E-state index contributed by atoms with van der Waals surface area (Å²) in [6.45, 7) is 0. The van der Waals surface area contributed by atoms with E-state index in [1.165, 1.54) is 4.57 Å². The standard InChI is InChI=1S/C14H8Cl2N2OS/c15-8-5-6-10(16)12(7-8)18-13(19)9-3-1-2-4-11(9)17-14(18)20/h1-7H,(H,17,20). The number of rotatable bonds is 1. The van der Waals surface area contributed by atoms with E-state index in [0.717, 1.165) is 0 Å². The second-order valence-corrected chi connectivity index (χ2v) is 5.44. The average molecular weight is 323 g/mol. The molecule has 20 heavy (non-hydrogen) atoms. The van der Waals surface area contributed by atoms with Crippen LogP contribution in [-0.4, -0.2) is 9.55 Å². The van der Waals surface area contributed by atoms with Crippen molar-refractivity contribution in [3.05, 3.63) is 67.6 Å². The van der Waals surface area contributed by atoms with Gasteiger partial charge in [0.2, 0.25) is 0 Å². The van der Waals surface area contributed by atoms with Gasteiger partial charge in [-0.05, 0) is 42.5 Å². The van der Waals surface area contributed by atoms with E-state index < -0.39 is 0 Å². The largest absolute Gasteiger partial charge is 0.331 e. The molecule has 1 N–H and O–H groups in total. The maximum absolute atomic E-state index is 12.6. The molecule has 6 heteroatoms. The summed E-state index contributed by atoms with van der Waals surface area (Å²) in [6, 6.07) is 12.1. The maximum Gasteiger partial charge on any atom is 0.266 e. The molecule has 0 radical (unpaired) electrons. The number of hydrogen-bond donors (Lipinski definition) is 1. The van der Waals surface area contributed by atoms with E-state index in [0.29, 0.717) is 26.6 Å². The lowest BCUT2D eigenvalue weighted by molar-refractivity contribution is 0.940. The van der Waals surface area contributed by atoms with Crippen molar-refractivity contribution in [2.45, 2.75) is 0 Å². The molecule has 0 unspecified atom stereocenters. The van der Waals surface area contributed by atoms with Gasteiger partial charge in [0.25, 0.3) is 5.56 Å². The zero-order valence-corrected chi connectivity index (χ0v) is 12.4. The van der Waals surface area contributed by atoms with Crippen LogP contribution in [0.2, 0.25) is 10.0 Å². The molecule has 100 valence electrons. The Morgan fingerprint density at radius 3 is 2.65 bits per heavy atom. The molecule has 3 rings (SSSR count). The number of benzene rings is 2. The number of H-pyrrole nitrogens is 1. The van der Waals surface area contributed by atoms with E-state index in [1.807, 2.05) is 6.07 Å². The van der Waals surface area contributed by atoms with Crippen molar-refractivity contribution in [1.29, 1.82) is 0 Å². The van der Waals surface area contributed by atoms with Gasteiger partial charge < -0.3 is 4.98 Å². The van der Waals surface area contributed by atoms with Crippen molar-refractivity contribution in [2.75, 3.05) is 0 Å². The van der Waals surface area contributed by atoms with Gasteiger partial charge in [-0.25, -0.2) is 0 Å². The second kappa shape index (κ2) is 5.05. The predicted molar refractivity (Wildman–Crippen MR) is 84.7 cm³/mol. The zero-order chi connectivity index (χ0) is 14.3. The fourth-order valence-electron chi connectivity index (χ4n) is 2.04. The minimum atomic E-state index is -0.228. The smallest absolute Gasteiger partial charge is 0.266 e. The Kier molecular flexibility index (Phi) is 3.38. The van der Waals surface area contributed by atoms with E-state index in [1.54, 1.807) is 36.4 Å². The van der Waals surface area contributed by atoms with Crippen LogP contribution in [0.1, 0.15) is 0 Å². The van der Waals surface area contributed by atoms with E-state index in [-0.39, 0.29) is 10.3 Å². The van der Waals surface area contributed by atoms with E-state index >= 15 is 0 Å². The van der Waals surface area contributed by atoms with E-state index in [4.69, 9.17) is 35.4 Å². The van der Waals surface area contributed by atoms with Gasteiger partial charge in [-0.15, -0.1) is 0 Å². The fourth-order valence-corrected chi connectivity index (χ4v) is 2.70. The van der Waals surface area contributed by atoms with Gasteiger partial charge in [0.05, 0.1) is 21.6 Å². The van der Waals surface area contributed by atoms with Crippen LogP contribution in [0.3, 0.4) is 0 Å². The molecule has 0 bridgehead atoms. The Balaban J connectivity index is 2.46. The van der Waals surface area contributed by atoms with Crippen molar-refractivity contribution in [1.82, 2.24) is 9.55 Å². The van der Waals surface area contributed by atoms with Gasteiger partial charge in [-0.1, -0.05) is 35.3 Å². The molecule has 0 aliphatic carbocycles. The van der Waals surface area contributed by atoms with Crippen molar-refractivity contribution >= 4 is 46.3 Å². The number of hydrogen-bond acceptors (Lipinski definition) is 2. The van der Waals surface area contributed by atoms with E-state index in [2.05, 4.69) is 4.98 Å². The molecule has 0 amide bonds. The van der Waals surface area contributed by atoms with Crippen molar-refractivity contribution in [3.63, 3.8) is 0 Å². The maximum atomic E-state index is 12.6. The Morgan fingerprint density at radius 2 is 1.85 bits per heavy atom. The van der Waals surface area contributed by atoms with Crippen molar-refractivity contribution in [3.8, 4) is 5.69 Å². The van der Waals surface area contributed by atoms with Gasteiger partial charge in [0, 0.05) is 5.02 Å². The zero-order valence-electron chi connectivity index (χ0n) is 10.1. The lowest BCUT2D eigenvalue weighted by atomic mass is 10.2. The van der Waals surface area contributed by atoms with Crippen LogP contribution < -0.4 is 5.56 Å². The van der Waals surface area contributed by atoms with E-state index in [9.17, 15) is 4.79 Å². The van der Waals surface area contributed by atoms with Crippen LogP contribution in [0.25, 0.3) is 16.6 Å². The number of nitrogens with zero attached hydrogens (tertiary/aromatic N) is 1. The molecule has 1 aromatic heterocycles. The highest BCUT2D eigenvalue weighted by molar-refractivity contribution is 7.71. The van der Waals surface area contributed by atoms with Crippen molar-refractivity contribution in [2.24, 2.45) is 0 Å². The van der Waals surface area contributed by atoms with Gasteiger partial charge in [0.15, 0.2) is 4.77 Å². The first-order valence-corrected chi connectivity index (χ1v) is 6.94. The average Bonchev–Trinajstić information content (AvgIpc) is 2.42. The van der Waals surface area contributed by atoms with Gasteiger partial charge in [0.1, 0.15) is 0 Å². The van der Waals surface area contributed by atoms with Crippen molar-refractivity contribution < 1.29 is 0 Å². The summed E-state index contributed by atoms with van der Waals surface area (Å²) >= 11 is 17.4. The summed E-state index contributed by atoms with van der Waals surface area (Å²) in [5.41, 5.74) is 0.932. The SMILES string of the molecule is O=c1c2ccccc2[nH]c(=S)n1-c1cc(Cl)ccc1Cl. The van der Waals surface area contributed by atoms with Crippen LogP contribution in [-0.2, 0) is 0 Å². The van der Waals surface area contributed by atoms with Crippen LogP contribution in [0.5, 0.6) is 0 Å². The number of aromatic nitrogens is 2. The lowest BCUT2D eigenvalue weighted by Crippen LogP contribution is -2.20.